The van der Waals surface area contributed by atoms with Gasteiger partial charge in [-0.25, -0.2) is 0 Å². The Bertz CT molecular complexity index is 647. The number of aliphatic hydroxyl groups excluding tert-OH is 1. The Morgan fingerprint density at radius 1 is 0.964 bits per heavy atom. The highest BCUT2D eigenvalue weighted by Gasteiger charge is 2.27. The third-order valence-corrected chi connectivity index (χ3v) is 4.91. The molecule has 0 saturated heterocycles. The average molecular weight is 383 g/mol. The molecular formula is C24H34N2O2. The van der Waals surface area contributed by atoms with Gasteiger partial charge in [0.1, 0.15) is 0 Å². The zero-order valence-electron chi connectivity index (χ0n) is 17.3. The van der Waals surface area contributed by atoms with Crippen molar-refractivity contribution in [2.24, 2.45) is 5.92 Å². The molecule has 0 aliphatic carbocycles. The van der Waals surface area contributed by atoms with E-state index in [2.05, 4.69) is 48.3 Å². The molecular weight excluding hydrogens is 348 g/mol. The lowest BCUT2D eigenvalue weighted by molar-refractivity contribution is -0.121. The molecule has 0 spiro atoms. The van der Waals surface area contributed by atoms with Crippen molar-refractivity contribution in [3.05, 3.63) is 71.8 Å². The van der Waals surface area contributed by atoms with E-state index < -0.39 is 6.10 Å². The van der Waals surface area contributed by atoms with Gasteiger partial charge in [-0.3, -0.25) is 9.69 Å². The van der Waals surface area contributed by atoms with E-state index in [1.54, 1.807) is 0 Å². The number of hydrogen-bond donors (Lipinski definition) is 2. The third-order valence-electron chi connectivity index (χ3n) is 4.91. The second-order valence-corrected chi connectivity index (χ2v) is 7.80. The maximum Gasteiger partial charge on any atom is 0.219 e. The van der Waals surface area contributed by atoms with Crippen LogP contribution in [0.2, 0.25) is 0 Å². The summed E-state index contributed by atoms with van der Waals surface area (Å²) < 4.78 is 0. The Morgan fingerprint density at radius 2 is 1.46 bits per heavy atom. The molecule has 2 aromatic rings. The van der Waals surface area contributed by atoms with Gasteiger partial charge in [0.15, 0.2) is 0 Å². The third kappa shape index (κ3) is 7.45. The summed E-state index contributed by atoms with van der Waals surface area (Å²) >= 11 is 0. The maximum absolute atomic E-state index is 11.7. The minimum absolute atomic E-state index is 0.0278. The molecule has 0 bridgehead atoms. The van der Waals surface area contributed by atoms with Crippen LogP contribution in [-0.2, 0) is 17.9 Å². The molecule has 152 valence electrons. The fourth-order valence-corrected chi connectivity index (χ4v) is 3.44. The number of amides is 1. The molecule has 2 rings (SSSR count). The predicted molar refractivity (Wildman–Crippen MR) is 115 cm³/mol. The van der Waals surface area contributed by atoms with Crippen molar-refractivity contribution < 1.29 is 9.90 Å². The second kappa shape index (κ2) is 11.6. The number of rotatable bonds is 11. The van der Waals surface area contributed by atoms with Gasteiger partial charge in [-0.15, -0.1) is 0 Å². The van der Waals surface area contributed by atoms with Crippen molar-refractivity contribution in [1.82, 2.24) is 10.2 Å². The van der Waals surface area contributed by atoms with E-state index in [4.69, 9.17) is 0 Å². The lowest BCUT2D eigenvalue weighted by atomic mass is 9.96. The van der Waals surface area contributed by atoms with Crippen molar-refractivity contribution in [1.29, 1.82) is 0 Å². The Balaban J connectivity index is 2.23. The normalized spacial score (nSPS) is 13.5. The molecule has 2 N–H and O–H groups in total. The molecule has 4 heteroatoms. The molecule has 0 radical (unpaired) electrons. The first-order valence-electron chi connectivity index (χ1n) is 10.3. The number of nitrogens with zero attached hydrogens (tertiary/aromatic N) is 1. The molecule has 0 saturated carbocycles. The SMILES string of the molecule is CCC(=O)NC[C@@H](O)[C@H](CC(C)C)N(Cc1ccccc1)Cc1ccccc1. The van der Waals surface area contributed by atoms with Gasteiger partial charge in [0.2, 0.25) is 5.91 Å². The van der Waals surface area contributed by atoms with E-state index in [0.29, 0.717) is 12.3 Å². The monoisotopic (exact) mass is 382 g/mol. The van der Waals surface area contributed by atoms with E-state index in [-0.39, 0.29) is 18.5 Å². The molecule has 0 aromatic heterocycles. The van der Waals surface area contributed by atoms with Crippen molar-refractivity contribution >= 4 is 5.91 Å². The summed E-state index contributed by atoms with van der Waals surface area (Å²) in [7, 11) is 0. The Kier molecular flexibility index (Phi) is 9.18. The van der Waals surface area contributed by atoms with Crippen molar-refractivity contribution in [2.45, 2.75) is 58.8 Å². The highest BCUT2D eigenvalue weighted by atomic mass is 16.3. The molecule has 4 nitrogen and oxygen atoms in total. The van der Waals surface area contributed by atoms with Gasteiger partial charge in [0.25, 0.3) is 0 Å². The van der Waals surface area contributed by atoms with Crippen LogP contribution < -0.4 is 5.32 Å². The van der Waals surface area contributed by atoms with Gasteiger partial charge in [-0.05, 0) is 23.5 Å². The lowest BCUT2D eigenvalue weighted by Gasteiger charge is -2.36. The first-order chi connectivity index (χ1) is 13.5. The summed E-state index contributed by atoms with van der Waals surface area (Å²) in [4.78, 5) is 14.0. The highest BCUT2D eigenvalue weighted by molar-refractivity contribution is 5.75. The summed E-state index contributed by atoms with van der Waals surface area (Å²) in [6.07, 6.45) is 0.674. The van der Waals surface area contributed by atoms with E-state index in [9.17, 15) is 9.90 Å². The van der Waals surface area contributed by atoms with Crippen LogP contribution in [0.15, 0.2) is 60.7 Å². The smallest absolute Gasteiger partial charge is 0.219 e. The zero-order chi connectivity index (χ0) is 20.4. The average Bonchev–Trinajstić information content (AvgIpc) is 2.71. The Labute approximate surface area is 169 Å². The molecule has 2 aromatic carbocycles. The summed E-state index contributed by atoms with van der Waals surface area (Å²) in [6.45, 7) is 7.97. The number of nitrogens with one attached hydrogen (secondary N) is 1. The molecule has 0 fully saturated rings. The first-order valence-corrected chi connectivity index (χ1v) is 10.3. The van der Waals surface area contributed by atoms with Crippen LogP contribution >= 0.6 is 0 Å². The van der Waals surface area contributed by atoms with Crippen molar-refractivity contribution in [3.63, 3.8) is 0 Å². The second-order valence-electron chi connectivity index (χ2n) is 7.80. The molecule has 0 aliphatic rings. The Hall–Kier alpha value is -2.17. The van der Waals surface area contributed by atoms with Crippen LogP contribution in [0.4, 0.5) is 0 Å². The lowest BCUT2D eigenvalue weighted by Crippen LogP contribution is -2.48. The van der Waals surface area contributed by atoms with Crippen LogP contribution in [0.5, 0.6) is 0 Å². The molecule has 28 heavy (non-hydrogen) atoms. The molecule has 2 atom stereocenters. The molecule has 0 aliphatic heterocycles. The largest absolute Gasteiger partial charge is 0.390 e. The van der Waals surface area contributed by atoms with Gasteiger partial charge in [0.05, 0.1) is 6.10 Å². The number of carbonyl (C=O) groups excluding carboxylic acids is 1. The molecule has 1 amide bonds. The maximum atomic E-state index is 11.7. The first kappa shape index (κ1) is 22.1. The minimum Gasteiger partial charge on any atom is -0.390 e. The quantitative estimate of drug-likeness (QED) is 0.618. The fourth-order valence-electron chi connectivity index (χ4n) is 3.44. The summed E-state index contributed by atoms with van der Waals surface area (Å²) in [5, 5.41) is 13.8. The zero-order valence-corrected chi connectivity index (χ0v) is 17.3. The van der Waals surface area contributed by atoms with Gasteiger partial charge < -0.3 is 10.4 Å². The number of carbonyl (C=O) groups is 1. The summed E-state index contributed by atoms with van der Waals surface area (Å²) in [5.74, 6) is 0.413. The summed E-state index contributed by atoms with van der Waals surface area (Å²) in [6, 6.07) is 20.7. The van der Waals surface area contributed by atoms with Crippen LogP contribution in [0, 0.1) is 5.92 Å². The van der Waals surface area contributed by atoms with Gasteiger partial charge in [-0.1, -0.05) is 81.4 Å². The van der Waals surface area contributed by atoms with Crippen molar-refractivity contribution in [2.75, 3.05) is 6.54 Å². The topological polar surface area (TPSA) is 52.6 Å². The van der Waals surface area contributed by atoms with Gasteiger partial charge in [0, 0.05) is 32.1 Å². The predicted octanol–water partition coefficient (Wildman–Crippen LogP) is 3.99. The molecule has 0 unspecified atom stereocenters. The standard InChI is InChI=1S/C24H34N2O2/c1-4-24(28)25-16-23(27)22(15-19(2)3)26(17-20-11-7-5-8-12-20)18-21-13-9-6-10-14-21/h5-14,19,22-23,27H,4,15-18H2,1-3H3,(H,25,28)/t22-,23+/m0/s1. The fraction of sp³-hybridized carbons (Fsp3) is 0.458. The summed E-state index contributed by atoms with van der Waals surface area (Å²) in [5.41, 5.74) is 2.44. The van der Waals surface area contributed by atoms with Gasteiger partial charge in [-0.2, -0.15) is 0 Å². The van der Waals surface area contributed by atoms with E-state index in [0.717, 1.165) is 19.5 Å². The van der Waals surface area contributed by atoms with Crippen LogP contribution in [0.25, 0.3) is 0 Å². The Morgan fingerprint density at radius 3 is 1.89 bits per heavy atom. The van der Waals surface area contributed by atoms with Crippen LogP contribution in [0.1, 0.15) is 44.7 Å². The molecule has 0 heterocycles. The number of benzene rings is 2. The number of hydrogen-bond acceptors (Lipinski definition) is 3. The van der Waals surface area contributed by atoms with E-state index in [1.165, 1.54) is 11.1 Å². The van der Waals surface area contributed by atoms with Crippen LogP contribution in [0.3, 0.4) is 0 Å². The van der Waals surface area contributed by atoms with E-state index >= 15 is 0 Å². The highest BCUT2D eigenvalue weighted by Crippen LogP contribution is 2.21. The van der Waals surface area contributed by atoms with Crippen LogP contribution in [-0.4, -0.2) is 34.6 Å². The van der Waals surface area contributed by atoms with Gasteiger partial charge >= 0.3 is 0 Å². The number of aliphatic hydroxyl groups is 1. The minimum atomic E-state index is -0.620. The van der Waals surface area contributed by atoms with Crippen molar-refractivity contribution in [3.8, 4) is 0 Å². The van der Waals surface area contributed by atoms with E-state index in [1.807, 2.05) is 43.3 Å².